The van der Waals surface area contributed by atoms with Crippen molar-refractivity contribution in [2.75, 3.05) is 26.2 Å². The van der Waals surface area contributed by atoms with E-state index in [2.05, 4.69) is 16.0 Å². The highest BCUT2D eigenvalue weighted by Gasteiger charge is 2.46. The molecule has 4 aromatic rings. The van der Waals surface area contributed by atoms with Gasteiger partial charge in [-0.1, -0.05) is 44.2 Å². The van der Waals surface area contributed by atoms with Crippen molar-refractivity contribution in [3.8, 4) is 11.4 Å². The van der Waals surface area contributed by atoms with E-state index in [1.54, 1.807) is 57.2 Å². The van der Waals surface area contributed by atoms with Crippen LogP contribution in [0, 0.1) is 18.7 Å². The second-order valence-electron chi connectivity index (χ2n) is 15.8. The van der Waals surface area contributed by atoms with Crippen LogP contribution in [0.25, 0.3) is 22.3 Å². The Hall–Kier alpha value is -6.53. The van der Waals surface area contributed by atoms with E-state index in [0.29, 0.717) is 62.9 Å². The molecule has 4 heterocycles. The van der Waals surface area contributed by atoms with Crippen LogP contribution in [0.5, 0.6) is 0 Å². The lowest BCUT2D eigenvalue weighted by Gasteiger charge is -2.32. The highest BCUT2D eigenvalue weighted by Crippen LogP contribution is 2.46. The van der Waals surface area contributed by atoms with Gasteiger partial charge in [-0.25, -0.2) is 14.2 Å². The molecule has 3 aliphatic rings. The standard InChI is InChI=1S/C43H47FN8O9/c1-4-43(60)27-13-32-38-25(18-52(32)40(57)26(27)20-61-42(43)59)37-29(11-10-24-22(3)28(44)14-30(49-38)36(24)37)50-39(56)21(2)17-51(19-33(46)53)41(58)31(12-23-8-6-5-7-9-23)48-35(55)16-47-34(54)15-45/h5-9,13-14,21,29,31,60H,4,10-12,15-20,45H2,1-3H3,(H2,46,53)(H,47,54)(H,48,55)(H,50,56)/t21-,29+,31+,43+/m1/s1. The minimum Gasteiger partial charge on any atom is -0.458 e. The van der Waals surface area contributed by atoms with Crippen LogP contribution in [0.1, 0.15) is 71.7 Å². The summed E-state index contributed by atoms with van der Waals surface area (Å²) < 4.78 is 22.1. The van der Waals surface area contributed by atoms with Gasteiger partial charge in [0, 0.05) is 35.5 Å². The molecule has 0 fully saturated rings. The summed E-state index contributed by atoms with van der Waals surface area (Å²) in [5, 5.41) is 20.1. The monoisotopic (exact) mass is 838 g/mol. The number of primary amides is 1. The normalized spacial score (nSPS) is 18.2. The largest absolute Gasteiger partial charge is 0.458 e. The Morgan fingerprint density at radius 2 is 1.84 bits per heavy atom. The maximum absolute atomic E-state index is 15.4. The molecule has 0 bridgehead atoms. The fourth-order valence-corrected chi connectivity index (χ4v) is 8.61. The van der Waals surface area contributed by atoms with Gasteiger partial charge >= 0.3 is 5.97 Å². The van der Waals surface area contributed by atoms with Crippen molar-refractivity contribution in [3.05, 3.63) is 97.6 Å². The minimum atomic E-state index is -2.06. The first-order valence-electron chi connectivity index (χ1n) is 20.0. The van der Waals surface area contributed by atoms with Crippen LogP contribution in [-0.4, -0.2) is 87.3 Å². The number of carbonyl (C=O) groups is 6. The van der Waals surface area contributed by atoms with E-state index >= 15 is 4.39 Å². The van der Waals surface area contributed by atoms with E-state index in [-0.39, 0.29) is 50.2 Å². The maximum Gasteiger partial charge on any atom is 0.343 e. The molecule has 1 aliphatic carbocycles. The fraction of sp³-hybridized carbons (Fsp3) is 0.395. The lowest BCUT2D eigenvalue weighted by Crippen LogP contribution is -2.54. The fourth-order valence-electron chi connectivity index (χ4n) is 8.61. The van der Waals surface area contributed by atoms with Gasteiger partial charge in [0.1, 0.15) is 18.5 Å². The Bertz CT molecular complexity index is 2560. The number of pyridine rings is 2. The number of hydrogen-bond donors (Lipinski definition) is 6. The molecular formula is C43H47FN8O9. The molecule has 0 saturated heterocycles. The van der Waals surface area contributed by atoms with Crippen molar-refractivity contribution in [1.29, 1.82) is 0 Å². The van der Waals surface area contributed by atoms with Gasteiger partial charge in [0.25, 0.3) is 5.56 Å². The van der Waals surface area contributed by atoms with Gasteiger partial charge in [-0.15, -0.1) is 0 Å². The number of rotatable bonds is 14. The summed E-state index contributed by atoms with van der Waals surface area (Å²) in [7, 11) is 0. The van der Waals surface area contributed by atoms with Crippen LogP contribution in [-0.2, 0) is 65.1 Å². The van der Waals surface area contributed by atoms with E-state index in [4.69, 9.17) is 21.2 Å². The summed E-state index contributed by atoms with van der Waals surface area (Å²) in [6, 6.07) is 9.81. The molecule has 0 unspecified atom stereocenters. The predicted octanol–water partition coefficient (Wildman–Crippen LogP) is 0.383. The summed E-state index contributed by atoms with van der Waals surface area (Å²) in [6.07, 6.45) is 0.698. The summed E-state index contributed by atoms with van der Waals surface area (Å²) in [5.74, 6) is -5.57. The Morgan fingerprint density at radius 3 is 2.52 bits per heavy atom. The van der Waals surface area contributed by atoms with E-state index in [1.807, 2.05) is 0 Å². The van der Waals surface area contributed by atoms with Crippen LogP contribution in [0.2, 0.25) is 0 Å². The number of hydrogen-bond acceptors (Lipinski definition) is 11. The average Bonchev–Trinajstić information content (AvgIpc) is 3.61. The van der Waals surface area contributed by atoms with Crippen molar-refractivity contribution >= 4 is 46.4 Å². The highest BCUT2D eigenvalue weighted by atomic mass is 19.1. The van der Waals surface area contributed by atoms with Crippen LogP contribution in [0.4, 0.5) is 4.39 Å². The maximum atomic E-state index is 15.4. The third-order valence-electron chi connectivity index (χ3n) is 11.8. The first-order chi connectivity index (χ1) is 29.1. The molecule has 0 saturated carbocycles. The second-order valence-corrected chi connectivity index (χ2v) is 15.8. The molecule has 7 rings (SSSR count). The number of esters is 1. The molecule has 18 heteroatoms. The number of aromatic nitrogens is 2. The van der Waals surface area contributed by atoms with Gasteiger partial charge < -0.3 is 46.7 Å². The smallest absolute Gasteiger partial charge is 0.343 e. The molecule has 17 nitrogen and oxygen atoms in total. The lowest BCUT2D eigenvalue weighted by molar-refractivity contribution is -0.172. The molecule has 5 amide bonds. The zero-order valence-corrected chi connectivity index (χ0v) is 33.9. The number of amides is 5. The summed E-state index contributed by atoms with van der Waals surface area (Å²) >= 11 is 0. The lowest BCUT2D eigenvalue weighted by atomic mass is 9.81. The zero-order valence-electron chi connectivity index (χ0n) is 33.9. The third kappa shape index (κ3) is 7.95. The number of benzene rings is 2. The van der Waals surface area contributed by atoms with Gasteiger partial charge in [-0.2, -0.15) is 0 Å². The number of cyclic esters (lactones) is 1. The number of nitrogens with one attached hydrogen (secondary N) is 3. The first kappa shape index (κ1) is 42.6. The predicted molar refractivity (Wildman–Crippen MR) is 218 cm³/mol. The van der Waals surface area contributed by atoms with Crippen molar-refractivity contribution in [1.82, 2.24) is 30.4 Å². The van der Waals surface area contributed by atoms with Crippen molar-refractivity contribution in [2.24, 2.45) is 17.4 Å². The number of aliphatic hydroxyl groups is 1. The molecule has 0 radical (unpaired) electrons. The summed E-state index contributed by atoms with van der Waals surface area (Å²) in [5.41, 5.74) is 12.7. The first-order valence-corrected chi connectivity index (χ1v) is 20.0. The van der Waals surface area contributed by atoms with Crippen molar-refractivity contribution < 1.29 is 43.0 Å². The number of nitrogens with two attached hydrogens (primary N) is 2. The van der Waals surface area contributed by atoms with Crippen LogP contribution >= 0.6 is 0 Å². The van der Waals surface area contributed by atoms with E-state index in [0.717, 1.165) is 4.90 Å². The van der Waals surface area contributed by atoms with Crippen LogP contribution < -0.4 is 33.0 Å². The summed E-state index contributed by atoms with van der Waals surface area (Å²) in [6.45, 7) is 2.93. The molecule has 61 heavy (non-hydrogen) atoms. The second kappa shape index (κ2) is 16.8. The molecule has 4 atom stereocenters. The number of nitrogens with zero attached hydrogens (tertiary/aromatic N) is 3. The van der Waals surface area contributed by atoms with Gasteiger partial charge in [0.15, 0.2) is 5.60 Å². The molecular weight excluding hydrogens is 792 g/mol. The third-order valence-corrected chi connectivity index (χ3v) is 11.8. The molecule has 320 valence electrons. The molecule has 2 aromatic carbocycles. The van der Waals surface area contributed by atoms with Crippen molar-refractivity contribution in [2.45, 2.75) is 77.3 Å². The van der Waals surface area contributed by atoms with E-state index in [9.17, 15) is 38.7 Å². The number of ether oxygens (including phenoxy) is 1. The number of carbonyl (C=O) groups excluding carboxylic acids is 6. The SMILES string of the molecule is CC[C@@]1(O)C(=O)OCc2c1cc1n(c2=O)Cc2c-1nc1cc(F)c(C)c3c1c2[C@@H](NC(=O)[C@H](C)CN(CC(N)=O)C(=O)[C@H](Cc1ccccc1)NC(=O)CNC(=O)CN)CC3. The average molecular weight is 839 g/mol. The molecule has 0 spiro atoms. The number of halogens is 1. The zero-order chi connectivity index (χ0) is 43.9. The Kier molecular flexibility index (Phi) is 11.8. The van der Waals surface area contributed by atoms with Gasteiger partial charge in [-0.05, 0) is 54.5 Å². The topological polar surface area (TPSA) is 258 Å². The van der Waals surface area contributed by atoms with Gasteiger partial charge in [0.2, 0.25) is 29.5 Å². The quantitative estimate of drug-likeness (QED) is 0.0834. The van der Waals surface area contributed by atoms with E-state index < -0.39 is 83.6 Å². The Morgan fingerprint density at radius 1 is 1.10 bits per heavy atom. The Labute approximate surface area is 349 Å². The van der Waals surface area contributed by atoms with Crippen LogP contribution in [0.3, 0.4) is 0 Å². The summed E-state index contributed by atoms with van der Waals surface area (Å²) in [4.78, 5) is 98.1. The van der Waals surface area contributed by atoms with Gasteiger partial charge in [0.05, 0.1) is 60.6 Å². The minimum absolute atomic E-state index is 0.0201. The Balaban J connectivity index is 1.20. The molecule has 8 N–H and O–H groups in total. The number of aryl methyl sites for hydroxylation is 1. The van der Waals surface area contributed by atoms with Gasteiger partial charge in [-0.3, -0.25) is 28.8 Å². The van der Waals surface area contributed by atoms with Crippen molar-refractivity contribution in [3.63, 3.8) is 0 Å². The van der Waals surface area contributed by atoms with Crippen LogP contribution in [0.15, 0.2) is 47.3 Å². The molecule has 2 aromatic heterocycles. The van der Waals surface area contributed by atoms with E-state index in [1.165, 1.54) is 10.6 Å². The molecule has 2 aliphatic heterocycles. The number of fused-ring (bicyclic) bond motifs is 5. The highest BCUT2D eigenvalue weighted by molar-refractivity contribution is 5.95.